The van der Waals surface area contributed by atoms with Crippen LogP contribution < -0.4 is 4.74 Å². The maximum atomic E-state index is 9.72. The van der Waals surface area contributed by atoms with Gasteiger partial charge in [-0.25, -0.2) is 0 Å². The molecule has 0 aromatic heterocycles. The summed E-state index contributed by atoms with van der Waals surface area (Å²) in [4.78, 5) is 0. The van der Waals surface area contributed by atoms with Crippen LogP contribution in [-0.2, 0) is 0 Å². The summed E-state index contributed by atoms with van der Waals surface area (Å²) < 4.78 is 5.33. The molecule has 1 aromatic rings. The smallest absolute Gasteiger partial charge is 0.202 e. The molecule has 0 radical (unpaired) electrons. The number of aliphatic hydroxyl groups is 4. The molecule has 24 heavy (non-hydrogen) atoms. The van der Waals surface area contributed by atoms with E-state index in [4.69, 9.17) is 9.84 Å². The SMILES string of the molecule is C=C(O)/C=C(/C=C/c1ccc(OC(O)C(C)CO)cc1)\C=C(/C)O. The average molecular weight is 332 g/mol. The predicted octanol–water partition coefficient (Wildman–Crippen LogP) is 3.49. The van der Waals surface area contributed by atoms with Crippen LogP contribution in [0.1, 0.15) is 19.4 Å². The van der Waals surface area contributed by atoms with Gasteiger partial charge in [-0.2, -0.15) is 0 Å². The second-order valence-electron chi connectivity index (χ2n) is 5.49. The third kappa shape index (κ3) is 7.17. The van der Waals surface area contributed by atoms with Gasteiger partial charge in [0.15, 0.2) is 0 Å². The molecule has 0 saturated heterocycles. The molecule has 0 saturated carbocycles. The summed E-state index contributed by atoms with van der Waals surface area (Å²) >= 11 is 0. The first kappa shape index (κ1) is 19.5. The fourth-order valence-electron chi connectivity index (χ4n) is 1.77. The molecule has 0 amide bonds. The summed E-state index contributed by atoms with van der Waals surface area (Å²) in [7, 11) is 0. The largest absolute Gasteiger partial charge is 0.513 e. The topological polar surface area (TPSA) is 90.2 Å². The zero-order chi connectivity index (χ0) is 18.1. The van der Waals surface area contributed by atoms with E-state index in [0.717, 1.165) is 5.56 Å². The van der Waals surface area contributed by atoms with Crippen LogP contribution in [0.15, 0.2) is 66.2 Å². The molecule has 0 aliphatic heterocycles. The maximum Gasteiger partial charge on any atom is 0.202 e. The quantitative estimate of drug-likeness (QED) is 0.332. The van der Waals surface area contributed by atoms with Crippen LogP contribution in [0.2, 0.25) is 0 Å². The zero-order valence-electron chi connectivity index (χ0n) is 13.9. The van der Waals surface area contributed by atoms with Gasteiger partial charge in [-0.15, -0.1) is 0 Å². The first-order valence-corrected chi connectivity index (χ1v) is 7.52. The van der Waals surface area contributed by atoms with Gasteiger partial charge in [-0.3, -0.25) is 0 Å². The van der Waals surface area contributed by atoms with E-state index >= 15 is 0 Å². The van der Waals surface area contributed by atoms with Crippen LogP contribution in [0, 0.1) is 5.92 Å². The summed E-state index contributed by atoms with van der Waals surface area (Å²) in [5, 5.41) is 37.3. The molecule has 0 heterocycles. The Labute approximate surface area is 142 Å². The van der Waals surface area contributed by atoms with Crippen molar-refractivity contribution in [2.45, 2.75) is 20.1 Å². The van der Waals surface area contributed by atoms with Gasteiger partial charge in [0.25, 0.3) is 0 Å². The van der Waals surface area contributed by atoms with Gasteiger partial charge >= 0.3 is 0 Å². The minimum absolute atomic E-state index is 0.108. The van der Waals surface area contributed by atoms with E-state index in [1.165, 1.54) is 19.1 Å². The van der Waals surface area contributed by atoms with Crippen molar-refractivity contribution in [1.29, 1.82) is 0 Å². The fourth-order valence-corrected chi connectivity index (χ4v) is 1.77. The van der Waals surface area contributed by atoms with Crippen LogP contribution in [-0.4, -0.2) is 33.3 Å². The van der Waals surface area contributed by atoms with Crippen molar-refractivity contribution in [1.82, 2.24) is 0 Å². The van der Waals surface area contributed by atoms with E-state index in [1.54, 1.807) is 43.3 Å². The molecule has 130 valence electrons. The van der Waals surface area contributed by atoms with Crippen molar-refractivity contribution in [3.63, 3.8) is 0 Å². The highest BCUT2D eigenvalue weighted by Gasteiger charge is 2.14. The molecular formula is C19H24O5. The van der Waals surface area contributed by atoms with Crippen molar-refractivity contribution < 1.29 is 25.2 Å². The van der Waals surface area contributed by atoms with E-state index in [2.05, 4.69) is 6.58 Å². The first-order valence-electron chi connectivity index (χ1n) is 7.52. The number of aliphatic hydroxyl groups excluding tert-OH is 4. The van der Waals surface area contributed by atoms with E-state index < -0.39 is 6.29 Å². The molecule has 0 aliphatic rings. The monoisotopic (exact) mass is 332 g/mol. The van der Waals surface area contributed by atoms with Gasteiger partial charge in [-0.1, -0.05) is 37.8 Å². The van der Waals surface area contributed by atoms with Crippen molar-refractivity contribution in [2.24, 2.45) is 5.92 Å². The lowest BCUT2D eigenvalue weighted by Gasteiger charge is -2.18. The Morgan fingerprint density at radius 2 is 1.83 bits per heavy atom. The standard InChI is InChI=1S/C19H24O5/c1-13(12-20)19(23)24-18-8-6-16(7-9-18)4-5-17(10-14(2)21)11-15(3)22/h4-11,13,19-23H,2,12H2,1,3H3/b5-4+,15-11+,17-10-. The van der Waals surface area contributed by atoms with Gasteiger partial charge in [0, 0.05) is 5.92 Å². The van der Waals surface area contributed by atoms with Gasteiger partial charge in [0.05, 0.1) is 12.4 Å². The lowest BCUT2D eigenvalue weighted by Crippen LogP contribution is -2.26. The lowest BCUT2D eigenvalue weighted by molar-refractivity contribution is -0.0704. The molecule has 0 spiro atoms. The first-order chi connectivity index (χ1) is 11.3. The summed E-state index contributed by atoms with van der Waals surface area (Å²) in [6, 6.07) is 7.00. The normalized spacial score (nSPS) is 15.3. The van der Waals surface area contributed by atoms with Crippen LogP contribution in [0.4, 0.5) is 0 Å². The highest BCUT2D eigenvalue weighted by molar-refractivity contribution is 5.56. The third-order valence-corrected chi connectivity index (χ3v) is 3.09. The fraction of sp³-hybridized carbons (Fsp3) is 0.263. The highest BCUT2D eigenvalue weighted by Crippen LogP contribution is 2.17. The van der Waals surface area contributed by atoms with E-state index in [9.17, 15) is 15.3 Å². The van der Waals surface area contributed by atoms with Crippen LogP contribution in [0.25, 0.3) is 6.08 Å². The Hall–Kier alpha value is -2.50. The maximum absolute atomic E-state index is 9.72. The van der Waals surface area contributed by atoms with Crippen molar-refractivity contribution in [2.75, 3.05) is 6.61 Å². The molecule has 4 N–H and O–H groups in total. The summed E-state index contributed by atoms with van der Waals surface area (Å²) in [5.41, 5.74) is 1.46. The van der Waals surface area contributed by atoms with Crippen molar-refractivity contribution >= 4 is 6.08 Å². The van der Waals surface area contributed by atoms with Crippen LogP contribution in [0.3, 0.4) is 0 Å². The van der Waals surface area contributed by atoms with Gasteiger partial charge in [0.2, 0.25) is 6.29 Å². The van der Waals surface area contributed by atoms with Crippen molar-refractivity contribution in [3.8, 4) is 5.75 Å². The highest BCUT2D eigenvalue weighted by atomic mass is 16.6. The number of allylic oxidation sites excluding steroid dienone is 5. The summed E-state index contributed by atoms with van der Waals surface area (Å²) in [6.45, 7) is 6.45. The molecule has 2 atom stereocenters. The Kier molecular flexibility index (Phi) is 7.82. The molecule has 5 nitrogen and oxygen atoms in total. The molecule has 5 heteroatoms. The Morgan fingerprint density at radius 1 is 1.21 bits per heavy atom. The number of hydrogen-bond acceptors (Lipinski definition) is 5. The molecule has 1 rings (SSSR count). The number of hydrogen-bond donors (Lipinski definition) is 4. The number of benzene rings is 1. The molecule has 1 aromatic carbocycles. The van der Waals surface area contributed by atoms with Gasteiger partial charge in [-0.05, 0) is 42.3 Å². The lowest BCUT2D eigenvalue weighted by atomic mass is 10.1. The second kappa shape index (κ2) is 9.60. The van der Waals surface area contributed by atoms with Gasteiger partial charge < -0.3 is 25.2 Å². The summed E-state index contributed by atoms with van der Waals surface area (Å²) in [5.74, 6) is 0.119. The van der Waals surface area contributed by atoms with E-state index in [1.807, 2.05) is 0 Å². The summed E-state index contributed by atoms with van der Waals surface area (Å²) in [6.07, 6.45) is 5.38. The molecule has 0 aliphatic carbocycles. The van der Waals surface area contributed by atoms with Gasteiger partial charge in [0.1, 0.15) is 11.5 Å². The second-order valence-corrected chi connectivity index (χ2v) is 5.49. The molecule has 0 bridgehead atoms. The average Bonchev–Trinajstić information content (AvgIpc) is 2.52. The zero-order valence-corrected chi connectivity index (χ0v) is 13.9. The van der Waals surface area contributed by atoms with Crippen molar-refractivity contribution in [3.05, 3.63) is 71.7 Å². The Bertz CT molecular complexity index is 622. The minimum Gasteiger partial charge on any atom is -0.513 e. The minimum atomic E-state index is -1.07. The van der Waals surface area contributed by atoms with E-state index in [0.29, 0.717) is 11.3 Å². The predicted molar refractivity (Wildman–Crippen MR) is 94.6 cm³/mol. The van der Waals surface area contributed by atoms with Crippen LogP contribution >= 0.6 is 0 Å². The third-order valence-electron chi connectivity index (χ3n) is 3.09. The van der Waals surface area contributed by atoms with Crippen LogP contribution in [0.5, 0.6) is 5.75 Å². The van der Waals surface area contributed by atoms with E-state index in [-0.39, 0.29) is 24.0 Å². The molecule has 2 unspecified atom stereocenters. The number of rotatable bonds is 8. The number of ether oxygens (including phenoxy) is 1. The Morgan fingerprint density at radius 3 is 2.33 bits per heavy atom. The Balaban J connectivity index is 2.82. The molecular weight excluding hydrogens is 308 g/mol. The molecule has 0 fully saturated rings.